The van der Waals surface area contributed by atoms with Gasteiger partial charge >= 0.3 is 0 Å². The Labute approximate surface area is 164 Å². The summed E-state index contributed by atoms with van der Waals surface area (Å²) in [5.41, 5.74) is 1.19. The molecule has 5 nitrogen and oxygen atoms in total. The highest BCUT2D eigenvalue weighted by atomic mass is 32.2. The summed E-state index contributed by atoms with van der Waals surface area (Å²) in [7, 11) is 4.59. The number of carbonyl (C=O) groups is 1. The molecule has 0 spiro atoms. The molecule has 0 saturated heterocycles. The summed E-state index contributed by atoms with van der Waals surface area (Å²) in [5.74, 6) is 1.13. The number of amides is 1. The van der Waals surface area contributed by atoms with E-state index in [1.165, 1.54) is 51.9 Å². The van der Waals surface area contributed by atoms with Gasteiger partial charge < -0.3 is 19.5 Å². The third kappa shape index (κ3) is 4.69. The van der Waals surface area contributed by atoms with Gasteiger partial charge in [0.2, 0.25) is 5.75 Å². The minimum absolute atomic E-state index is 0.231. The minimum Gasteiger partial charge on any atom is -0.493 e. The van der Waals surface area contributed by atoms with Crippen LogP contribution in [0.2, 0.25) is 0 Å². The van der Waals surface area contributed by atoms with E-state index in [0.717, 1.165) is 10.9 Å². The number of carbonyl (C=O) groups excluding carboxylic acids is 1. The van der Waals surface area contributed by atoms with Crippen LogP contribution in [-0.4, -0.2) is 32.5 Å². The molecule has 0 atom stereocenters. The van der Waals surface area contributed by atoms with Crippen molar-refractivity contribution in [2.24, 2.45) is 0 Å². The van der Waals surface area contributed by atoms with Crippen molar-refractivity contribution in [2.45, 2.75) is 35.8 Å². The van der Waals surface area contributed by atoms with Crippen molar-refractivity contribution in [2.75, 3.05) is 26.6 Å². The molecule has 0 aliphatic heterocycles. The molecule has 2 aromatic rings. The zero-order valence-corrected chi connectivity index (χ0v) is 16.7. The standard InChI is InChI=1S/C21H25NO4S/c1-24-18-12-14(13-19(25-2)20(18)26-3)21(23)22-15-8-10-17(11-9-15)27-16-6-4-5-7-16/h8-13,16H,4-7H2,1-3H3,(H,22,23). The van der Waals surface area contributed by atoms with Crippen LogP contribution < -0.4 is 19.5 Å². The van der Waals surface area contributed by atoms with Crippen LogP contribution in [0.25, 0.3) is 0 Å². The lowest BCUT2D eigenvalue weighted by atomic mass is 10.1. The molecule has 27 heavy (non-hydrogen) atoms. The van der Waals surface area contributed by atoms with E-state index in [1.807, 2.05) is 23.9 Å². The van der Waals surface area contributed by atoms with Crippen molar-refractivity contribution in [3.05, 3.63) is 42.0 Å². The third-order valence-corrected chi connectivity index (χ3v) is 5.99. The van der Waals surface area contributed by atoms with E-state index in [4.69, 9.17) is 14.2 Å². The Morgan fingerprint density at radius 2 is 1.56 bits per heavy atom. The number of benzene rings is 2. The topological polar surface area (TPSA) is 56.8 Å². The Balaban J connectivity index is 1.71. The number of nitrogens with one attached hydrogen (secondary N) is 1. The quantitative estimate of drug-likeness (QED) is 0.724. The van der Waals surface area contributed by atoms with Crippen molar-refractivity contribution < 1.29 is 19.0 Å². The van der Waals surface area contributed by atoms with Gasteiger partial charge in [-0.3, -0.25) is 4.79 Å². The zero-order valence-electron chi connectivity index (χ0n) is 15.9. The maximum atomic E-state index is 12.6. The lowest BCUT2D eigenvalue weighted by Gasteiger charge is -2.14. The average molecular weight is 388 g/mol. The normalized spacial score (nSPS) is 14.0. The van der Waals surface area contributed by atoms with E-state index in [1.54, 1.807) is 12.1 Å². The Morgan fingerprint density at radius 1 is 0.963 bits per heavy atom. The smallest absolute Gasteiger partial charge is 0.255 e. The fraction of sp³-hybridized carbons (Fsp3) is 0.381. The summed E-state index contributed by atoms with van der Waals surface area (Å²) in [5, 5.41) is 3.65. The largest absolute Gasteiger partial charge is 0.493 e. The molecule has 0 radical (unpaired) electrons. The van der Waals surface area contributed by atoms with Crippen LogP contribution in [-0.2, 0) is 0 Å². The van der Waals surface area contributed by atoms with Crippen LogP contribution in [0.15, 0.2) is 41.3 Å². The van der Waals surface area contributed by atoms with Gasteiger partial charge in [0.1, 0.15) is 0 Å². The first-order valence-corrected chi connectivity index (χ1v) is 9.90. The van der Waals surface area contributed by atoms with Crippen LogP contribution in [0.1, 0.15) is 36.0 Å². The van der Waals surface area contributed by atoms with E-state index in [9.17, 15) is 4.79 Å². The molecule has 0 heterocycles. The van der Waals surface area contributed by atoms with Gasteiger partial charge in [0.15, 0.2) is 11.5 Å². The van der Waals surface area contributed by atoms with Crippen LogP contribution >= 0.6 is 11.8 Å². The molecule has 1 fully saturated rings. The summed E-state index contributed by atoms with van der Waals surface area (Å²) in [6, 6.07) is 11.3. The second-order valence-electron chi connectivity index (χ2n) is 6.42. The first-order chi connectivity index (χ1) is 13.1. The molecule has 1 aliphatic rings. The van der Waals surface area contributed by atoms with Gasteiger partial charge in [-0.05, 0) is 49.2 Å². The summed E-state index contributed by atoms with van der Waals surface area (Å²) in [6.45, 7) is 0. The van der Waals surface area contributed by atoms with Gasteiger partial charge in [-0.2, -0.15) is 0 Å². The van der Waals surface area contributed by atoms with E-state index in [2.05, 4.69) is 17.4 Å². The third-order valence-electron chi connectivity index (χ3n) is 4.64. The summed E-state index contributed by atoms with van der Waals surface area (Å²) in [4.78, 5) is 13.9. The second-order valence-corrected chi connectivity index (χ2v) is 7.79. The molecule has 1 amide bonds. The molecule has 6 heteroatoms. The lowest BCUT2D eigenvalue weighted by molar-refractivity contribution is 0.102. The molecular formula is C21H25NO4S. The van der Waals surface area contributed by atoms with Gasteiger partial charge in [0.25, 0.3) is 5.91 Å². The Kier molecular flexibility index (Phi) is 6.50. The van der Waals surface area contributed by atoms with Crippen LogP contribution in [0.4, 0.5) is 5.69 Å². The maximum Gasteiger partial charge on any atom is 0.255 e. The summed E-state index contributed by atoms with van der Waals surface area (Å²) < 4.78 is 15.9. The van der Waals surface area contributed by atoms with Crippen molar-refractivity contribution in [3.8, 4) is 17.2 Å². The highest BCUT2D eigenvalue weighted by Gasteiger charge is 2.18. The molecule has 0 aromatic heterocycles. The van der Waals surface area contributed by atoms with Crippen LogP contribution in [0.5, 0.6) is 17.2 Å². The van der Waals surface area contributed by atoms with E-state index >= 15 is 0 Å². The number of methoxy groups -OCH3 is 3. The van der Waals surface area contributed by atoms with E-state index < -0.39 is 0 Å². The van der Waals surface area contributed by atoms with Crippen LogP contribution in [0, 0.1) is 0 Å². The van der Waals surface area contributed by atoms with Crippen molar-refractivity contribution in [1.82, 2.24) is 0 Å². The SMILES string of the molecule is COc1cc(C(=O)Nc2ccc(SC3CCCC3)cc2)cc(OC)c1OC. The molecule has 1 N–H and O–H groups in total. The first kappa shape index (κ1) is 19.4. The van der Waals surface area contributed by atoms with Gasteiger partial charge in [0.05, 0.1) is 21.3 Å². The van der Waals surface area contributed by atoms with E-state index in [-0.39, 0.29) is 5.91 Å². The number of thioether (sulfide) groups is 1. The Hall–Kier alpha value is -2.34. The fourth-order valence-corrected chi connectivity index (χ4v) is 4.48. The molecule has 144 valence electrons. The second kappa shape index (κ2) is 9.04. The zero-order chi connectivity index (χ0) is 19.2. The lowest BCUT2D eigenvalue weighted by Crippen LogP contribution is -2.12. The van der Waals surface area contributed by atoms with Crippen molar-refractivity contribution >= 4 is 23.4 Å². The molecule has 1 aliphatic carbocycles. The Morgan fingerprint density at radius 3 is 2.07 bits per heavy atom. The number of hydrogen-bond acceptors (Lipinski definition) is 5. The number of anilines is 1. The van der Waals surface area contributed by atoms with Gasteiger partial charge in [-0.1, -0.05) is 12.8 Å². The molecule has 1 saturated carbocycles. The average Bonchev–Trinajstić information content (AvgIpc) is 3.21. The van der Waals surface area contributed by atoms with Gasteiger partial charge in [0, 0.05) is 21.4 Å². The highest BCUT2D eigenvalue weighted by Crippen LogP contribution is 2.38. The maximum absolute atomic E-state index is 12.6. The molecule has 3 rings (SSSR count). The molecule has 2 aromatic carbocycles. The number of ether oxygens (including phenoxy) is 3. The van der Waals surface area contributed by atoms with Crippen molar-refractivity contribution in [1.29, 1.82) is 0 Å². The summed E-state index contributed by atoms with van der Waals surface area (Å²) in [6.07, 6.45) is 5.26. The first-order valence-electron chi connectivity index (χ1n) is 9.02. The van der Waals surface area contributed by atoms with Gasteiger partial charge in [-0.25, -0.2) is 0 Å². The van der Waals surface area contributed by atoms with E-state index in [0.29, 0.717) is 22.8 Å². The fourth-order valence-electron chi connectivity index (χ4n) is 3.23. The minimum atomic E-state index is -0.231. The number of hydrogen-bond donors (Lipinski definition) is 1. The molecule has 0 unspecified atom stereocenters. The van der Waals surface area contributed by atoms with Crippen LogP contribution in [0.3, 0.4) is 0 Å². The molecular weight excluding hydrogens is 362 g/mol. The Bertz CT molecular complexity index is 760. The van der Waals surface area contributed by atoms with Gasteiger partial charge in [-0.15, -0.1) is 11.8 Å². The predicted octanol–water partition coefficient (Wildman–Crippen LogP) is 5.00. The monoisotopic (exact) mass is 387 g/mol. The number of rotatable bonds is 7. The summed E-state index contributed by atoms with van der Waals surface area (Å²) >= 11 is 1.93. The predicted molar refractivity (Wildman–Crippen MR) is 109 cm³/mol. The van der Waals surface area contributed by atoms with Crippen molar-refractivity contribution in [3.63, 3.8) is 0 Å². The highest BCUT2D eigenvalue weighted by molar-refractivity contribution is 8.00. The molecule has 0 bridgehead atoms.